The molecule has 0 bridgehead atoms. The Morgan fingerprint density at radius 1 is 1.37 bits per heavy atom. The third-order valence-corrected chi connectivity index (χ3v) is 2.81. The van der Waals surface area contributed by atoms with Gasteiger partial charge < -0.3 is 4.74 Å². The first-order valence-electron chi connectivity index (χ1n) is 5.92. The third-order valence-electron chi connectivity index (χ3n) is 2.81. The van der Waals surface area contributed by atoms with E-state index in [0.717, 1.165) is 5.56 Å². The van der Waals surface area contributed by atoms with Crippen LogP contribution in [-0.4, -0.2) is 25.7 Å². The minimum atomic E-state index is -0.980. The second-order valence-corrected chi connectivity index (χ2v) is 4.93. The second-order valence-electron chi connectivity index (χ2n) is 4.93. The fraction of sp³-hybridized carbons (Fsp3) is 0.429. The van der Waals surface area contributed by atoms with Crippen LogP contribution in [0.4, 0.5) is 14.9 Å². The van der Waals surface area contributed by atoms with Gasteiger partial charge in [-0.05, 0) is 17.7 Å². The monoisotopic (exact) mass is 267 g/mol. The Morgan fingerprint density at radius 3 is 2.63 bits per heavy atom. The molecule has 0 unspecified atom stereocenters. The number of ketones is 1. The number of methoxy groups -OCH3 is 1. The molecule has 0 aromatic heterocycles. The number of alkyl halides is 1. The van der Waals surface area contributed by atoms with Gasteiger partial charge in [0.25, 0.3) is 0 Å². The van der Waals surface area contributed by atoms with Gasteiger partial charge in [-0.2, -0.15) is 0 Å². The maximum atomic E-state index is 12.7. The number of ether oxygens (including phenoxy) is 1. The highest BCUT2D eigenvalue weighted by molar-refractivity contribution is 5.87. The standard InChI is InChI=1S/C14H18FNO3/c1-14(2,9-15)12(17)8-10-5-4-6-11(7-10)16-13(18)19-3/h4-7H,8-9H2,1-3H3,(H,16,18). The number of amides is 1. The molecule has 1 aromatic rings. The number of anilines is 1. The predicted octanol–water partition coefficient (Wildman–Crippen LogP) is 2.97. The number of nitrogens with one attached hydrogen (secondary N) is 1. The SMILES string of the molecule is COC(=O)Nc1cccc(CC(=O)C(C)(C)CF)c1. The van der Waals surface area contributed by atoms with Gasteiger partial charge in [0.15, 0.2) is 0 Å². The highest BCUT2D eigenvalue weighted by Gasteiger charge is 2.27. The second kappa shape index (κ2) is 6.31. The summed E-state index contributed by atoms with van der Waals surface area (Å²) in [6.45, 7) is 2.46. The van der Waals surface area contributed by atoms with Gasteiger partial charge in [0, 0.05) is 12.1 Å². The molecule has 104 valence electrons. The van der Waals surface area contributed by atoms with Crippen LogP contribution >= 0.6 is 0 Å². The fourth-order valence-corrected chi connectivity index (χ4v) is 1.43. The molecule has 19 heavy (non-hydrogen) atoms. The molecule has 0 atom stereocenters. The first kappa shape index (κ1) is 15.1. The molecule has 0 aliphatic rings. The Hall–Kier alpha value is -1.91. The highest BCUT2D eigenvalue weighted by Crippen LogP contribution is 2.21. The van der Waals surface area contributed by atoms with Gasteiger partial charge in [-0.25, -0.2) is 4.79 Å². The number of hydrogen-bond acceptors (Lipinski definition) is 3. The van der Waals surface area contributed by atoms with E-state index in [1.807, 2.05) is 0 Å². The van der Waals surface area contributed by atoms with Crippen molar-refractivity contribution < 1.29 is 18.7 Å². The zero-order chi connectivity index (χ0) is 14.5. The molecule has 0 saturated heterocycles. The lowest BCUT2D eigenvalue weighted by Crippen LogP contribution is -2.28. The molecule has 5 heteroatoms. The molecule has 1 N–H and O–H groups in total. The maximum absolute atomic E-state index is 12.7. The Labute approximate surface area is 112 Å². The summed E-state index contributed by atoms with van der Waals surface area (Å²) in [6.07, 6.45) is -0.444. The number of hydrogen-bond donors (Lipinski definition) is 1. The Balaban J connectivity index is 2.77. The van der Waals surface area contributed by atoms with Crippen molar-refractivity contribution in [3.05, 3.63) is 29.8 Å². The van der Waals surface area contributed by atoms with Crippen molar-refractivity contribution in [2.45, 2.75) is 20.3 Å². The lowest BCUT2D eigenvalue weighted by atomic mass is 9.86. The van der Waals surface area contributed by atoms with Crippen molar-refractivity contribution in [3.8, 4) is 0 Å². The average Bonchev–Trinajstić information content (AvgIpc) is 2.38. The zero-order valence-electron chi connectivity index (χ0n) is 11.3. The number of Topliss-reactive ketones (excluding diaryl/α,β-unsaturated/α-hetero) is 1. The molecule has 0 radical (unpaired) electrons. The predicted molar refractivity (Wildman–Crippen MR) is 70.9 cm³/mol. The molecule has 0 aliphatic heterocycles. The van der Waals surface area contributed by atoms with E-state index in [0.29, 0.717) is 5.69 Å². The number of carbonyl (C=O) groups excluding carboxylic acids is 2. The topological polar surface area (TPSA) is 55.4 Å². The highest BCUT2D eigenvalue weighted by atomic mass is 19.1. The van der Waals surface area contributed by atoms with Gasteiger partial charge in [-0.3, -0.25) is 14.5 Å². The summed E-state index contributed by atoms with van der Waals surface area (Å²) in [5, 5.41) is 2.51. The van der Waals surface area contributed by atoms with Crippen LogP contribution in [0.1, 0.15) is 19.4 Å². The molecule has 0 saturated carbocycles. The normalized spacial score (nSPS) is 10.9. The minimum absolute atomic E-state index is 0.133. The van der Waals surface area contributed by atoms with E-state index >= 15 is 0 Å². The average molecular weight is 267 g/mol. The van der Waals surface area contributed by atoms with Crippen LogP contribution in [0.15, 0.2) is 24.3 Å². The van der Waals surface area contributed by atoms with E-state index < -0.39 is 18.2 Å². The van der Waals surface area contributed by atoms with E-state index in [1.165, 1.54) is 7.11 Å². The van der Waals surface area contributed by atoms with E-state index in [-0.39, 0.29) is 12.2 Å². The molecule has 1 rings (SSSR count). The first-order valence-corrected chi connectivity index (χ1v) is 5.92. The Kier molecular flexibility index (Phi) is 5.03. The summed E-state index contributed by atoms with van der Waals surface area (Å²) in [4.78, 5) is 23.0. The minimum Gasteiger partial charge on any atom is -0.453 e. The summed E-state index contributed by atoms with van der Waals surface area (Å²) < 4.78 is 17.2. The van der Waals surface area contributed by atoms with Crippen molar-refractivity contribution in [2.24, 2.45) is 5.41 Å². The van der Waals surface area contributed by atoms with E-state index in [4.69, 9.17) is 0 Å². The summed E-state index contributed by atoms with van der Waals surface area (Å²) in [5.41, 5.74) is 0.279. The molecule has 0 aliphatic carbocycles. The van der Waals surface area contributed by atoms with Gasteiger partial charge >= 0.3 is 6.09 Å². The van der Waals surface area contributed by atoms with Gasteiger partial charge in [-0.1, -0.05) is 26.0 Å². The largest absolute Gasteiger partial charge is 0.453 e. The Bertz CT molecular complexity index is 472. The fourth-order valence-electron chi connectivity index (χ4n) is 1.43. The summed E-state index contributed by atoms with van der Waals surface area (Å²) in [6, 6.07) is 6.83. The van der Waals surface area contributed by atoms with Crippen LogP contribution in [0.5, 0.6) is 0 Å². The maximum Gasteiger partial charge on any atom is 0.411 e. The third kappa shape index (κ3) is 4.35. The summed E-state index contributed by atoms with van der Waals surface area (Å²) >= 11 is 0. The number of benzene rings is 1. The van der Waals surface area contributed by atoms with Crippen molar-refractivity contribution in [1.29, 1.82) is 0 Å². The van der Waals surface area contributed by atoms with Gasteiger partial charge in [0.1, 0.15) is 12.5 Å². The molecule has 0 fully saturated rings. The van der Waals surface area contributed by atoms with Crippen LogP contribution in [0.25, 0.3) is 0 Å². The first-order chi connectivity index (χ1) is 8.89. The molecular weight excluding hydrogens is 249 g/mol. The van der Waals surface area contributed by atoms with Gasteiger partial charge in [-0.15, -0.1) is 0 Å². The van der Waals surface area contributed by atoms with Crippen molar-refractivity contribution in [3.63, 3.8) is 0 Å². The summed E-state index contributed by atoms with van der Waals surface area (Å²) in [5.74, 6) is -0.176. The van der Waals surface area contributed by atoms with Crippen LogP contribution < -0.4 is 5.32 Å². The molecular formula is C14H18FNO3. The summed E-state index contributed by atoms with van der Waals surface area (Å²) in [7, 11) is 1.27. The van der Waals surface area contributed by atoms with Crippen molar-refractivity contribution >= 4 is 17.6 Å². The smallest absolute Gasteiger partial charge is 0.411 e. The molecule has 0 heterocycles. The van der Waals surface area contributed by atoms with Crippen LogP contribution in [0.2, 0.25) is 0 Å². The lowest BCUT2D eigenvalue weighted by molar-refractivity contribution is -0.127. The van der Waals surface area contributed by atoms with E-state index in [2.05, 4.69) is 10.1 Å². The molecule has 1 aromatic carbocycles. The van der Waals surface area contributed by atoms with Gasteiger partial charge in [0.2, 0.25) is 0 Å². The quantitative estimate of drug-likeness (QED) is 0.892. The number of rotatable bonds is 5. The van der Waals surface area contributed by atoms with Crippen LogP contribution in [0, 0.1) is 5.41 Å². The van der Waals surface area contributed by atoms with Crippen molar-refractivity contribution in [2.75, 3.05) is 19.1 Å². The van der Waals surface area contributed by atoms with Crippen LogP contribution in [0.3, 0.4) is 0 Å². The zero-order valence-corrected chi connectivity index (χ0v) is 11.3. The Morgan fingerprint density at radius 2 is 2.05 bits per heavy atom. The van der Waals surface area contributed by atoms with Crippen molar-refractivity contribution in [1.82, 2.24) is 0 Å². The molecule has 4 nitrogen and oxygen atoms in total. The molecule has 0 spiro atoms. The van der Waals surface area contributed by atoms with Gasteiger partial charge in [0.05, 0.1) is 12.5 Å². The number of carbonyl (C=O) groups is 2. The van der Waals surface area contributed by atoms with Crippen LogP contribution in [-0.2, 0) is 16.0 Å². The van der Waals surface area contributed by atoms with E-state index in [1.54, 1.807) is 38.1 Å². The number of halogens is 1. The van der Waals surface area contributed by atoms with E-state index in [9.17, 15) is 14.0 Å². The molecule has 1 amide bonds. The lowest BCUT2D eigenvalue weighted by Gasteiger charge is -2.18.